The van der Waals surface area contributed by atoms with Crippen molar-refractivity contribution in [1.82, 2.24) is 0 Å². The predicted octanol–water partition coefficient (Wildman–Crippen LogP) is 7.04. The third-order valence-corrected chi connectivity index (χ3v) is 11.3. The van der Waals surface area contributed by atoms with E-state index in [9.17, 15) is 9.36 Å². The molecule has 4 heteroatoms. The summed E-state index contributed by atoms with van der Waals surface area (Å²) < 4.78 is 18.1. The number of ether oxygens (including phenoxy) is 1. The van der Waals surface area contributed by atoms with Gasteiger partial charge in [0.2, 0.25) is 0 Å². The van der Waals surface area contributed by atoms with Crippen LogP contribution in [0.25, 0.3) is 0 Å². The summed E-state index contributed by atoms with van der Waals surface area (Å²) in [6, 6.07) is 8.67. The van der Waals surface area contributed by atoms with Crippen molar-refractivity contribution >= 4 is 18.2 Å². The zero-order valence-corrected chi connectivity index (χ0v) is 22.8. The maximum absolute atomic E-state index is 12.7. The maximum atomic E-state index is 12.7. The highest BCUT2D eigenvalue weighted by Gasteiger charge is 2.56. The third kappa shape index (κ3) is 4.38. The van der Waals surface area contributed by atoms with Gasteiger partial charge in [-0.05, 0) is 104 Å². The van der Waals surface area contributed by atoms with E-state index in [-0.39, 0.29) is 5.41 Å². The van der Waals surface area contributed by atoms with Crippen LogP contribution in [0.5, 0.6) is 0 Å². The maximum Gasteiger partial charge on any atom is 0.156 e. The van der Waals surface area contributed by atoms with Crippen LogP contribution in [0.4, 0.5) is 0 Å². The number of hydrogen-bond donors (Lipinski definition) is 0. The van der Waals surface area contributed by atoms with Gasteiger partial charge in [-0.3, -0.25) is 4.79 Å². The van der Waals surface area contributed by atoms with E-state index in [1.54, 1.807) is 12.7 Å². The first-order valence-electron chi connectivity index (χ1n) is 13.4. The Morgan fingerprint density at radius 1 is 1.11 bits per heavy atom. The van der Waals surface area contributed by atoms with E-state index in [2.05, 4.69) is 37.8 Å². The molecule has 1 aromatic rings. The molecule has 4 aliphatic carbocycles. The zero-order chi connectivity index (χ0) is 25.0. The quantitative estimate of drug-likeness (QED) is 0.316. The van der Waals surface area contributed by atoms with Gasteiger partial charge in [0.1, 0.15) is 7.14 Å². The molecular weight excluding hydrogens is 451 g/mol. The van der Waals surface area contributed by atoms with Crippen LogP contribution < -0.4 is 5.30 Å². The SMILES string of the molecule is C=C(CCOC)[C@@H]1CC[C@H]2[C@@H]3CCC4=CC(=O)CCC4=C3[C@@H](c3ccc(P(C)(C)=O)cc3)C[C@]12C. The Bertz CT molecular complexity index is 1130. The summed E-state index contributed by atoms with van der Waals surface area (Å²) >= 11 is 0. The van der Waals surface area contributed by atoms with Crippen molar-refractivity contribution in [1.29, 1.82) is 0 Å². The molecule has 0 N–H and O–H groups in total. The van der Waals surface area contributed by atoms with E-state index in [1.165, 1.54) is 35.1 Å². The van der Waals surface area contributed by atoms with Gasteiger partial charge in [0.15, 0.2) is 5.78 Å². The number of ketones is 1. The summed E-state index contributed by atoms with van der Waals surface area (Å²) in [4.78, 5) is 12.3. The second-order valence-corrected chi connectivity index (χ2v) is 15.3. The Labute approximate surface area is 211 Å². The highest BCUT2D eigenvalue weighted by molar-refractivity contribution is 7.70. The summed E-state index contributed by atoms with van der Waals surface area (Å²) in [5, 5.41) is 0.953. The van der Waals surface area contributed by atoms with Crippen LogP contribution in [-0.4, -0.2) is 32.8 Å². The van der Waals surface area contributed by atoms with Crippen LogP contribution >= 0.6 is 7.14 Å². The van der Waals surface area contributed by atoms with Crippen LogP contribution in [0.3, 0.4) is 0 Å². The van der Waals surface area contributed by atoms with Gasteiger partial charge in [0.25, 0.3) is 0 Å². The average Bonchev–Trinajstić information content (AvgIpc) is 3.18. The average molecular weight is 493 g/mol. The molecule has 35 heavy (non-hydrogen) atoms. The molecule has 0 saturated heterocycles. The molecule has 0 aliphatic heterocycles. The molecular formula is C31H41O3P. The third-order valence-electron chi connectivity index (χ3n) is 9.77. The number of allylic oxidation sites excluding steroid dienone is 4. The second-order valence-electron chi connectivity index (χ2n) is 12.1. The van der Waals surface area contributed by atoms with Gasteiger partial charge in [-0.1, -0.05) is 48.9 Å². The smallest absolute Gasteiger partial charge is 0.156 e. The van der Waals surface area contributed by atoms with E-state index < -0.39 is 7.14 Å². The fraction of sp³-hybridized carbons (Fsp3) is 0.581. The predicted molar refractivity (Wildman–Crippen MR) is 145 cm³/mol. The van der Waals surface area contributed by atoms with E-state index in [0.29, 0.717) is 35.9 Å². The highest BCUT2D eigenvalue weighted by atomic mass is 31.2. The Kier molecular flexibility index (Phi) is 6.64. The minimum absolute atomic E-state index is 0.222. The summed E-state index contributed by atoms with van der Waals surface area (Å²) in [5.41, 5.74) is 7.36. The van der Waals surface area contributed by atoms with Gasteiger partial charge in [-0.15, -0.1) is 0 Å². The van der Waals surface area contributed by atoms with Crippen molar-refractivity contribution in [3.05, 3.63) is 64.8 Å². The lowest BCUT2D eigenvalue weighted by atomic mass is 9.51. The van der Waals surface area contributed by atoms with Crippen molar-refractivity contribution in [2.45, 2.75) is 64.2 Å². The minimum Gasteiger partial charge on any atom is -0.384 e. The van der Waals surface area contributed by atoms with Crippen molar-refractivity contribution in [3.8, 4) is 0 Å². The van der Waals surface area contributed by atoms with Gasteiger partial charge in [0, 0.05) is 31.4 Å². The number of methoxy groups -OCH3 is 1. The first-order chi connectivity index (χ1) is 16.6. The van der Waals surface area contributed by atoms with Gasteiger partial charge < -0.3 is 9.30 Å². The fourth-order valence-corrected chi connectivity index (χ4v) is 8.97. The fourth-order valence-electron chi connectivity index (χ4n) is 8.10. The van der Waals surface area contributed by atoms with Crippen LogP contribution in [0.2, 0.25) is 0 Å². The molecule has 0 amide bonds. The molecule has 2 fully saturated rings. The molecule has 2 saturated carbocycles. The van der Waals surface area contributed by atoms with Gasteiger partial charge >= 0.3 is 0 Å². The van der Waals surface area contributed by atoms with Crippen molar-refractivity contribution in [2.75, 3.05) is 27.0 Å². The highest BCUT2D eigenvalue weighted by Crippen LogP contribution is 2.66. The number of carbonyl (C=O) groups excluding carboxylic acids is 1. The molecule has 5 rings (SSSR count). The Balaban J connectivity index is 1.60. The standard InChI is InChI=1S/C31H41O3P/c1-20(16-17-34-3)28-14-15-29-26-12-8-22-18-23(32)9-13-25(22)30(26)27(19-31(28,29)2)21-6-10-24(11-7-21)35(4,5)33/h6-7,10-11,18,26-29H,1,8-9,12-17,19H2,2-5H3/t26-,27+,28-,29-,31+/m0/s1. The van der Waals surface area contributed by atoms with Crippen LogP contribution in [0, 0.1) is 23.2 Å². The van der Waals surface area contributed by atoms with Crippen molar-refractivity contribution < 1.29 is 14.1 Å². The largest absolute Gasteiger partial charge is 0.384 e. The summed E-state index contributed by atoms with van der Waals surface area (Å²) in [5.74, 6) is 2.44. The van der Waals surface area contributed by atoms with Crippen molar-refractivity contribution in [2.24, 2.45) is 23.2 Å². The van der Waals surface area contributed by atoms with Crippen LogP contribution in [0.15, 0.2) is 59.2 Å². The monoisotopic (exact) mass is 492 g/mol. The molecule has 188 valence electrons. The summed E-state index contributed by atoms with van der Waals surface area (Å²) in [7, 11) is -0.508. The number of hydrogen-bond acceptors (Lipinski definition) is 3. The second kappa shape index (κ2) is 9.31. The molecule has 1 aromatic carbocycles. The molecule has 0 aromatic heterocycles. The summed E-state index contributed by atoms with van der Waals surface area (Å²) in [6.45, 7) is 11.5. The van der Waals surface area contributed by atoms with Crippen LogP contribution in [0.1, 0.15) is 69.8 Å². The Morgan fingerprint density at radius 3 is 2.54 bits per heavy atom. The normalized spacial score (nSPS) is 32.6. The summed E-state index contributed by atoms with van der Waals surface area (Å²) in [6.07, 6.45) is 10.3. The zero-order valence-electron chi connectivity index (χ0n) is 21.9. The molecule has 0 bridgehead atoms. The molecule has 4 aliphatic rings. The molecule has 0 unspecified atom stereocenters. The molecule has 0 heterocycles. The first kappa shape index (κ1) is 25.0. The number of fused-ring (bicyclic) bond motifs is 4. The van der Waals surface area contributed by atoms with Gasteiger partial charge in [-0.2, -0.15) is 0 Å². The topological polar surface area (TPSA) is 43.4 Å². The lowest BCUT2D eigenvalue weighted by Gasteiger charge is -2.53. The number of benzene rings is 1. The Hall–Kier alpha value is -1.70. The molecule has 0 spiro atoms. The van der Waals surface area contributed by atoms with E-state index >= 15 is 0 Å². The molecule has 5 atom stereocenters. The molecule has 0 radical (unpaired) electrons. The lowest BCUT2D eigenvalue weighted by molar-refractivity contribution is -0.114. The number of rotatable bonds is 6. The lowest BCUT2D eigenvalue weighted by Crippen LogP contribution is -2.43. The Morgan fingerprint density at radius 2 is 1.86 bits per heavy atom. The van der Waals surface area contributed by atoms with Gasteiger partial charge in [-0.25, -0.2) is 0 Å². The van der Waals surface area contributed by atoms with Crippen LogP contribution in [-0.2, 0) is 14.1 Å². The molecule has 3 nitrogen and oxygen atoms in total. The van der Waals surface area contributed by atoms with Gasteiger partial charge in [0.05, 0.1) is 0 Å². The van der Waals surface area contributed by atoms with Crippen molar-refractivity contribution in [3.63, 3.8) is 0 Å². The van der Waals surface area contributed by atoms with E-state index in [0.717, 1.165) is 44.0 Å². The first-order valence-corrected chi connectivity index (χ1v) is 16.0. The van der Waals surface area contributed by atoms with E-state index in [4.69, 9.17) is 4.74 Å². The minimum atomic E-state index is -2.28. The van der Waals surface area contributed by atoms with E-state index in [1.807, 2.05) is 19.4 Å². The number of carbonyl (C=O) groups is 1.